The number of aliphatic hydroxyl groups excluding tert-OH is 15. The Bertz CT molecular complexity index is 913. The van der Waals surface area contributed by atoms with Gasteiger partial charge in [-0.25, -0.2) is 0 Å². The highest BCUT2D eigenvalue weighted by Gasteiger charge is 2.54. The van der Waals surface area contributed by atoms with Gasteiger partial charge in [0.25, 0.3) is 0 Å². The van der Waals surface area contributed by atoms with Crippen LogP contribution in [-0.4, -0.2) is 231 Å². The maximum atomic E-state index is 10.1. The fraction of sp³-hybridized carbons (Fsp3) is 1.00. The molecule has 46 heavy (non-hydrogen) atoms. The molecule has 4 heterocycles. The summed E-state index contributed by atoms with van der Waals surface area (Å²) >= 11 is 0. The van der Waals surface area contributed by atoms with E-state index in [-0.39, 0.29) is 0 Å². The third-order valence-electron chi connectivity index (χ3n) is 7.99. The average Bonchev–Trinajstić information content (AvgIpc) is 3.05. The summed E-state index contributed by atoms with van der Waals surface area (Å²) in [6, 6.07) is 0. The van der Waals surface area contributed by atoms with Crippen molar-refractivity contribution in [2.45, 2.75) is 116 Å². The normalized spacial score (nSPS) is 51.7. The van der Waals surface area contributed by atoms with E-state index in [9.17, 15) is 71.5 Å². The van der Waals surface area contributed by atoms with Crippen molar-refractivity contribution in [2.75, 3.05) is 33.0 Å². The SMILES string of the molecule is OCC1O[C@H](O[C@@H]2C(CO)O[C@@H](O)C(O)[C@H]2O)C(O)[C@@H](O)[C@@H]1O.OCC1O[C@H](O[C@H]2[C@@H](O)C(O)COC2(O)CO)C(O)[C@H](O)[C@@H]1O. The number of rotatable bonds is 8. The minimum Gasteiger partial charge on any atom is -0.394 e. The molecule has 22 nitrogen and oxygen atoms in total. The summed E-state index contributed by atoms with van der Waals surface area (Å²) in [6.07, 6.45) is -28.4. The van der Waals surface area contributed by atoms with Crippen molar-refractivity contribution < 1.29 is 110 Å². The molecule has 4 rings (SSSR count). The molecule has 0 aromatic carbocycles. The summed E-state index contributed by atoms with van der Waals surface area (Å²) in [4.78, 5) is 0. The smallest absolute Gasteiger partial charge is 0.219 e. The van der Waals surface area contributed by atoms with Crippen LogP contribution in [0.25, 0.3) is 0 Å². The third kappa shape index (κ3) is 8.28. The van der Waals surface area contributed by atoms with Crippen molar-refractivity contribution in [3.63, 3.8) is 0 Å². The zero-order valence-corrected chi connectivity index (χ0v) is 24.0. The van der Waals surface area contributed by atoms with Crippen molar-refractivity contribution >= 4 is 0 Å². The predicted molar refractivity (Wildman–Crippen MR) is 137 cm³/mol. The van der Waals surface area contributed by atoms with Gasteiger partial charge >= 0.3 is 0 Å². The molecule has 0 radical (unpaired) electrons. The largest absolute Gasteiger partial charge is 0.394 e. The molecule has 0 aromatic heterocycles. The van der Waals surface area contributed by atoms with Crippen LogP contribution in [0.5, 0.6) is 0 Å². The maximum Gasteiger partial charge on any atom is 0.219 e. The van der Waals surface area contributed by atoms with E-state index in [0.717, 1.165) is 0 Å². The maximum absolute atomic E-state index is 10.1. The van der Waals surface area contributed by atoms with Gasteiger partial charge in [0, 0.05) is 0 Å². The molecule has 8 unspecified atom stereocenters. The van der Waals surface area contributed by atoms with Crippen LogP contribution in [0.4, 0.5) is 0 Å². The molecule has 4 fully saturated rings. The Balaban J connectivity index is 0.000000250. The topological polar surface area (TPSA) is 379 Å². The van der Waals surface area contributed by atoms with Crippen molar-refractivity contribution in [1.29, 1.82) is 0 Å². The van der Waals surface area contributed by atoms with Gasteiger partial charge in [-0.15, -0.1) is 0 Å². The van der Waals surface area contributed by atoms with Crippen LogP contribution in [0.1, 0.15) is 0 Å². The van der Waals surface area contributed by atoms with Gasteiger partial charge in [-0.1, -0.05) is 0 Å². The van der Waals surface area contributed by atoms with E-state index in [2.05, 4.69) is 0 Å². The molecular formula is C24H44O22. The number of hydrogen-bond donors (Lipinski definition) is 16. The summed E-state index contributed by atoms with van der Waals surface area (Å²) in [5, 5.41) is 154. The summed E-state index contributed by atoms with van der Waals surface area (Å²) < 4.78 is 30.4. The van der Waals surface area contributed by atoms with Gasteiger partial charge in [0.15, 0.2) is 18.9 Å². The zero-order valence-electron chi connectivity index (χ0n) is 24.0. The molecule has 4 aliphatic heterocycles. The highest BCUT2D eigenvalue weighted by atomic mass is 16.7. The molecule has 19 atom stereocenters. The quantitative estimate of drug-likeness (QED) is 0.113. The molecule has 0 bridgehead atoms. The Labute approximate surface area is 260 Å². The number of ether oxygens (including phenoxy) is 6. The molecule has 272 valence electrons. The highest BCUT2D eigenvalue weighted by molar-refractivity contribution is 4.96. The van der Waals surface area contributed by atoms with Gasteiger partial charge in [0.2, 0.25) is 5.79 Å². The first-order valence-electron chi connectivity index (χ1n) is 14.1. The third-order valence-corrected chi connectivity index (χ3v) is 7.99. The first-order chi connectivity index (χ1) is 21.6. The van der Waals surface area contributed by atoms with Crippen molar-refractivity contribution in [3.8, 4) is 0 Å². The fourth-order valence-electron chi connectivity index (χ4n) is 5.10. The molecule has 16 N–H and O–H groups in total. The lowest BCUT2D eigenvalue weighted by Gasteiger charge is -2.47. The van der Waals surface area contributed by atoms with Gasteiger partial charge in [0.05, 0.1) is 33.0 Å². The molecule has 0 spiro atoms. The Morgan fingerprint density at radius 3 is 1.46 bits per heavy atom. The van der Waals surface area contributed by atoms with E-state index in [1.165, 1.54) is 0 Å². The molecular weight excluding hydrogens is 640 g/mol. The Morgan fingerprint density at radius 1 is 0.522 bits per heavy atom. The van der Waals surface area contributed by atoms with Gasteiger partial charge in [-0.05, 0) is 0 Å². The van der Waals surface area contributed by atoms with Crippen LogP contribution in [-0.2, 0) is 28.4 Å². The molecule has 22 heteroatoms. The van der Waals surface area contributed by atoms with E-state index in [0.29, 0.717) is 0 Å². The summed E-state index contributed by atoms with van der Waals surface area (Å²) in [5.74, 6) is -2.38. The van der Waals surface area contributed by atoms with Crippen LogP contribution in [0, 0.1) is 0 Å². The van der Waals surface area contributed by atoms with Gasteiger partial charge in [0.1, 0.15) is 91.6 Å². The number of aliphatic hydroxyl groups is 16. The first-order valence-corrected chi connectivity index (χ1v) is 14.1. The first kappa shape index (κ1) is 39.6. The lowest BCUT2D eigenvalue weighted by Crippen LogP contribution is -2.67. The van der Waals surface area contributed by atoms with E-state index in [1.807, 2.05) is 0 Å². The standard InChI is InChI=1S/2C12H22O11/c13-1-5-7(17)8(18)9(19)11(22-5)23-10-6(16)4(15)2-21-12(10,20)3-14;13-1-3-5(15)6(16)9(19)12(22-3)23-10-4(2-14)21-11(20)8(18)7(10)17/h4-11,13-20H,1-3H2;3-20H,1-2H2/t4?,5?,6-,7+,8+,9?,10-,11+,12?;3?,4?,5-,6+,7-,8?,9?,10-,11-,12-/m01/s1. The summed E-state index contributed by atoms with van der Waals surface area (Å²) in [7, 11) is 0. The molecule has 0 aromatic rings. The van der Waals surface area contributed by atoms with Crippen molar-refractivity contribution in [3.05, 3.63) is 0 Å². The Morgan fingerprint density at radius 2 is 1.00 bits per heavy atom. The van der Waals surface area contributed by atoms with E-state index in [1.54, 1.807) is 0 Å². The highest BCUT2D eigenvalue weighted by Crippen LogP contribution is 2.31. The number of hydrogen-bond acceptors (Lipinski definition) is 22. The van der Waals surface area contributed by atoms with Crippen LogP contribution in [0.3, 0.4) is 0 Å². The van der Waals surface area contributed by atoms with Crippen molar-refractivity contribution in [2.24, 2.45) is 0 Å². The van der Waals surface area contributed by atoms with Gasteiger partial charge < -0.3 is 110 Å². The van der Waals surface area contributed by atoms with Crippen LogP contribution < -0.4 is 0 Å². The predicted octanol–water partition coefficient (Wildman–Crippen LogP) is -10.8. The van der Waals surface area contributed by atoms with E-state index in [4.69, 9.17) is 38.6 Å². The molecule has 4 aliphatic rings. The van der Waals surface area contributed by atoms with E-state index >= 15 is 0 Å². The molecule has 0 saturated carbocycles. The molecule has 0 aliphatic carbocycles. The second kappa shape index (κ2) is 16.7. The average molecular weight is 685 g/mol. The van der Waals surface area contributed by atoms with Crippen molar-refractivity contribution in [1.82, 2.24) is 0 Å². The summed E-state index contributed by atoms with van der Waals surface area (Å²) in [5.41, 5.74) is 0. The minimum atomic E-state index is -2.38. The van der Waals surface area contributed by atoms with E-state index < -0.39 is 149 Å². The minimum absolute atomic E-state index is 0.466. The van der Waals surface area contributed by atoms with Gasteiger partial charge in [-0.2, -0.15) is 0 Å². The lowest BCUT2D eigenvalue weighted by molar-refractivity contribution is -0.387. The van der Waals surface area contributed by atoms with Crippen LogP contribution in [0.15, 0.2) is 0 Å². The van der Waals surface area contributed by atoms with Crippen LogP contribution in [0.2, 0.25) is 0 Å². The summed E-state index contributed by atoms with van der Waals surface area (Å²) in [6.45, 7) is -3.49. The second-order valence-corrected chi connectivity index (χ2v) is 11.2. The Hall–Kier alpha value is -0.880. The van der Waals surface area contributed by atoms with Gasteiger partial charge in [-0.3, -0.25) is 0 Å². The monoisotopic (exact) mass is 684 g/mol. The fourth-order valence-corrected chi connectivity index (χ4v) is 5.10. The lowest BCUT2D eigenvalue weighted by atomic mass is 9.96. The van der Waals surface area contributed by atoms with Crippen LogP contribution >= 0.6 is 0 Å². The molecule has 0 amide bonds. The second-order valence-electron chi connectivity index (χ2n) is 11.2. The zero-order chi connectivity index (χ0) is 34.7. The Kier molecular flexibility index (Phi) is 14.3. The molecule has 4 saturated heterocycles.